The van der Waals surface area contributed by atoms with Gasteiger partial charge in [0.25, 0.3) is 5.91 Å². The summed E-state index contributed by atoms with van der Waals surface area (Å²) >= 11 is 1.51. The van der Waals surface area contributed by atoms with Crippen LogP contribution < -0.4 is 5.32 Å². The van der Waals surface area contributed by atoms with Crippen LogP contribution in [0.1, 0.15) is 23.2 Å². The molecular weight excluding hydrogens is 462 g/mol. The van der Waals surface area contributed by atoms with E-state index in [9.17, 15) is 13.2 Å². The normalized spacial score (nSPS) is 15.6. The van der Waals surface area contributed by atoms with E-state index in [1.165, 1.54) is 22.1 Å². The van der Waals surface area contributed by atoms with Gasteiger partial charge in [-0.25, -0.2) is 13.4 Å². The molecule has 0 spiro atoms. The molecule has 0 aliphatic carbocycles. The standard InChI is InChI=1S/C22H27N5O4S2/c1-3-26-11-13-27(14-12-26)33(29,30)19-6-4-5-17(15-19)24-21(28)20-8-7-18(31-20)16-32-22-23-9-10-25(22)2/h4-10,15H,3,11-14,16H2,1-2H3,(H,24,28). The Morgan fingerprint density at radius 3 is 2.67 bits per heavy atom. The Morgan fingerprint density at radius 2 is 1.97 bits per heavy atom. The highest BCUT2D eigenvalue weighted by Gasteiger charge is 2.28. The molecule has 33 heavy (non-hydrogen) atoms. The summed E-state index contributed by atoms with van der Waals surface area (Å²) in [5.74, 6) is 0.913. The van der Waals surface area contributed by atoms with Gasteiger partial charge in [-0.3, -0.25) is 4.79 Å². The van der Waals surface area contributed by atoms with Crippen molar-refractivity contribution in [1.29, 1.82) is 0 Å². The predicted molar refractivity (Wildman–Crippen MR) is 127 cm³/mol. The molecule has 176 valence electrons. The maximum absolute atomic E-state index is 13.1. The molecule has 0 atom stereocenters. The van der Waals surface area contributed by atoms with Crippen molar-refractivity contribution in [3.63, 3.8) is 0 Å². The lowest BCUT2D eigenvalue weighted by Crippen LogP contribution is -2.48. The first-order valence-electron chi connectivity index (χ1n) is 10.7. The summed E-state index contributed by atoms with van der Waals surface area (Å²) in [4.78, 5) is 19.3. The zero-order chi connectivity index (χ0) is 23.4. The predicted octanol–water partition coefficient (Wildman–Crippen LogP) is 2.88. The zero-order valence-corrected chi connectivity index (χ0v) is 20.2. The number of benzene rings is 1. The Labute approximate surface area is 197 Å². The largest absolute Gasteiger partial charge is 0.455 e. The zero-order valence-electron chi connectivity index (χ0n) is 18.6. The summed E-state index contributed by atoms with van der Waals surface area (Å²) in [5, 5.41) is 3.59. The Bertz CT molecular complexity index is 1210. The molecule has 1 amide bonds. The number of anilines is 1. The minimum Gasteiger partial charge on any atom is -0.455 e. The van der Waals surface area contributed by atoms with E-state index in [1.54, 1.807) is 36.5 Å². The first kappa shape index (κ1) is 23.6. The number of nitrogens with one attached hydrogen (secondary N) is 1. The third-order valence-electron chi connectivity index (χ3n) is 5.51. The van der Waals surface area contributed by atoms with Crippen molar-refractivity contribution in [2.75, 3.05) is 38.0 Å². The molecule has 1 fully saturated rings. The second kappa shape index (κ2) is 10.1. The number of carbonyl (C=O) groups excluding carboxylic acids is 1. The number of nitrogens with zero attached hydrogens (tertiary/aromatic N) is 4. The Kier molecular flexibility index (Phi) is 7.23. The first-order chi connectivity index (χ1) is 15.9. The number of thioether (sulfide) groups is 1. The molecule has 1 aromatic carbocycles. The van der Waals surface area contributed by atoms with Crippen molar-refractivity contribution < 1.29 is 17.6 Å². The molecular formula is C22H27N5O4S2. The van der Waals surface area contributed by atoms with Gasteiger partial charge in [0.1, 0.15) is 5.76 Å². The summed E-state index contributed by atoms with van der Waals surface area (Å²) in [5.41, 5.74) is 0.397. The summed E-state index contributed by atoms with van der Waals surface area (Å²) < 4.78 is 35.2. The molecule has 11 heteroatoms. The summed E-state index contributed by atoms with van der Waals surface area (Å²) in [6, 6.07) is 9.69. The second-order valence-corrected chi connectivity index (χ2v) is 10.6. The van der Waals surface area contributed by atoms with Gasteiger partial charge in [-0.2, -0.15) is 4.31 Å². The van der Waals surface area contributed by atoms with Crippen LogP contribution in [0.25, 0.3) is 0 Å². The lowest BCUT2D eigenvalue weighted by atomic mass is 10.3. The molecule has 1 aliphatic heterocycles. The van der Waals surface area contributed by atoms with Crippen LogP contribution >= 0.6 is 11.8 Å². The SMILES string of the molecule is CCN1CCN(S(=O)(=O)c2cccc(NC(=O)c3ccc(CSc4nccn4C)o3)c2)CC1. The number of hydrogen-bond acceptors (Lipinski definition) is 7. The van der Waals surface area contributed by atoms with Gasteiger partial charge in [-0.1, -0.05) is 24.8 Å². The van der Waals surface area contributed by atoms with Crippen molar-refractivity contribution in [2.24, 2.45) is 7.05 Å². The van der Waals surface area contributed by atoms with Gasteiger partial charge in [-0.05, 0) is 36.9 Å². The Hall–Kier alpha value is -2.60. The number of hydrogen-bond donors (Lipinski definition) is 1. The Balaban J connectivity index is 1.39. The number of furan rings is 1. The van der Waals surface area contributed by atoms with Crippen molar-refractivity contribution in [3.8, 4) is 0 Å². The minimum absolute atomic E-state index is 0.161. The average molecular weight is 490 g/mol. The molecule has 1 aliphatic rings. The van der Waals surface area contributed by atoms with Crippen LogP contribution in [-0.4, -0.2) is 65.8 Å². The van der Waals surface area contributed by atoms with Crippen LogP contribution in [-0.2, 0) is 22.8 Å². The molecule has 0 unspecified atom stereocenters. The average Bonchev–Trinajstić information content (AvgIpc) is 3.47. The van der Waals surface area contributed by atoms with E-state index in [-0.39, 0.29) is 10.7 Å². The summed E-state index contributed by atoms with van der Waals surface area (Å²) in [6.45, 7) is 5.32. The number of imidazole rings is 1. The molecule has 2 aromatic heterocycles. The topological polar surface area (TPSA) is 101 Å². The highest BCUT2D eigenvalue weighted by Crippen LogP contribution is 2.24. The second-order valence-electron chi connectivity index (χ2n) is 7.70. The number of piperazine rings is 1. The smallest absolute Gasteiger partial charge is 0.291 e. The minimum atomic E-state index is -3.62. The van der Waals surface area contributed by atoms with Gasteiger partial charge in [-0.15, -0.1) is 0 Å². The van der Waals surface area contributed by atoms with Crippen molar-refractivity contribution in [2.45, 2.75) is 22.7 Å². The van der Waals surface area contributed by atoms with Crippen LogP contribution in [0, 0.1) is 0 Å². The molecule has 1 N–H and O–H groups in total. The number of carbonyl (C=O) groups is 1. The van der Waals surface area contributed by atoms with Gasteiger partial charge in [0.05, 0.1) is 10.6 Å². The van der Waals surface area contributed by atoms with E-state index in [1.807, 2.05) is 17.8 Å². The first-order valence-corrected chi connectivity index (χ1v) is 13.1. The van der Waals surface area contributed by atoms with Crippen LogP contribution in [0.3, 0.4) is 0 Å². The maximum Gasteiger partial charge on any atom is 0.291 e. The maximum atomic E-state index is 13.1. The van der Waals surface area contributed by atoms with E-state index in [0.29, 0.717) is 43.4 Å². The van der Waals surface area contributed by atoms with E-state index < -0.39 is 15.9 Å². The lowest BCUT2D eigenvalue weighted by molar-refractivity contribution is 0.0995. The van der Waals surface area contributed by atoms with Crippen molar-refractivity contribution >= 4 is 33.4 Å². The summed E-state index contributed by atoms with van der Waals surface area (Å²) in [7, 11) is -1.71. The molecule has 3 aromatic rings. The van der Waals surface area contributed by atoms with Crippen molar-refractivity contribution in [3.05, 3.63) is 60.3 Å². The van der Waals surface area contributed by atoms with Gasteiger partial charge in [0.2, 0.25) is 10.0 Å². The van der Waals surface area contributed by atoms with Gasteiger partial charge < -0.3 is 19.2 Å². The lowest BCUT2D eigenvalue weighted by Gasteiger charge is -2.33. The fourth-order valence-electron chi connectivity index (χ4n) is 3.57. The number of aromatic nitrogens is 2. The molecule has 3 heterocycles. The van der Waals surface area contributed by atoms with Crippen LogP contribution in [0.15, 0.2) is 63.3 Å². The quantitative estimate of drug-likeness (QED) is 0.486. The van der Waals surface area contributed by atoms with Crippen LogP contribution in [0.5, 0.6) is 0 Å². The number of likely N-dealkylation sites (N-methyl/N-ethyl adjacent to an activating group) is 1. The fraction of sp³-hybridized carbons (Fsp3) is 0.364. The van der Waals surface area contributed by atoms with E-state index in [2.05, 4.69) is 22.1 Å². The van der Waals surface area contributed by atoms with Gasteiger partial charge in [0, 0.05) is 51.3 Å². The van der Waals surface area contributed by atoms with E-state index >= 15 is 0 Å². The molecule has 9 nitrogen and oxygen atoms in total. The van der Waals surface area contributed by atoms with Crippen LogP contribution in [0.4, 0.5) is 5.69 Å². The van der Waals surface area contributed by atoms with Crippen LogP contribution in [0.2, 0.25) is 0 Å². The molecule has 4 rings (SSSR count). The van der Waals surface area contributed by atoms with Crippen molar-refractivity contribution in [1.82, 2.24) is 18.8 Å². The number of sulfonamides is 1. The Morgan fingerprint density at radius 1 is 1.18 bits per heavy atom. The van der Waals surface area contributed by atoms with Gasteiger partial charge in [0.15, 0.2) is 10.9 Å². The molecule has 0 bridgehead atoms. The number of aryl methyl sites for hydroxylation is 1. The highest BCUT2D eigenvalue weighted by molar-refractivity contribution is 7.98. The van der Waals surface area contributed by atoms with Gasteiger partial charge >= 0.3 is 0 Å². The molecule has 0 radical (unpaired) electrons. The summed E-state index contributed by atoms with van der Waals surface area (Å²) in [6.07, 6.45) is 3.59. The van der Waals surface area contributed by atoms with E-state index in [4.69, 9.17) is 4.42 Å². The molecule has 0 saturated carbocycles. The third-order valence-corrected chi connectivity index (χ3v) is 8.49. The highest BCUT2D eigenvalue weighted by atomic mass is 32.2. The fourth-order valence-corrected chi connectivity index (χ4v) is 5.86. The van der Waals surface area contributed by atoms with E-state index in [0.717, 1.165) is 11.7 Å². The third kappa shape index (κ3) is 5.49. The number of rotatable bonds is 8. The number of amides is 1. The molecule has 1 saturated heterocycles. The monoisotopic (exact) mass is 489 g/mol.